The number of unbranched alkanes of at least 4 members (excludes halogenated alkanes) is 1. The van der Waals surface area contributed by atoms with Crippen molar-refractivity contribution < 1.29 is 13.2 Å². The lowest BCUT2D eigenvalue weighted by Crippen LogP contribution is -2.40. The van der Waals surface area contributed by atoms with Gasteiger partial charge in [0.05, 0.1) is 6.26 Å². The number of hydrogen-bond donors (Lipinski definition) is 1. The fraction of sp³-hybridized carbons (Fsp3) is 0.769. The van der Waals surface area contributed by atoms with Crippen molar-refractivity contribution in [1.29, 1.82) is 0 Å². The molecule has 23 heavy (non-hydrogen) atoms. The Balaban J connectivity index is 1.81. The summed E-state index contributed by atoms with van der Waals surface area (Å²) in [4.78, 5) is 12.2. The first-order valence-electron chi connectivity index (χ1n) is 7.62. The molecule has 0 saturated carbocycles. The minimum atomic E-state index is -3.16. The molecule has 1 aromatic heterocycles. The summed E-state index contributed by atoms with van der Waals surface area (Å²) in [5.74, 6) is 0.732. The van der Waals surface area contributed by atoms with Crippen molar-refractivity contribution >= 4 is 44.2 Å². The number of anilines is 1. The average molecular weight is 379 g/mol. The van der Waals surface area contributed by atoms with Gasteiger partial charge in [-0.05, 0) is 19.3 Å². The van der Waals surface area contributed by atoms with E-state index < -0.39 is 10.0 Å². The highest BCUT2D eigenvalue weighted by atomic mass is 32.2. The second-order valence-corrected chi connectivity index (χ2v) is 9.80. The van der Waals surface area contributed by atoms with E-state index in [2.05, 4.69) is 22.4 Å². The Morgan fingerprint density at radius 1 is 1.39 bits per heavy atom. The summed E-state index contributed by atoms with van der Waals surface area (Å²) in [5.41, 5.74) is 0. The molecular formula is C13H22N4O3S3. The molecular weight excluding hydrogens is 356 g/mol. The molecule has 1 aliphatic rings. The molecule has 2 rings (SSSR count). The van der Waals surface area contributed by atoms with Gasteiger partial charge >= 0.3 is 0 Å². The third-order valence-electron chi connectivity index (χ3n) is 3.65. The molecule has 1 amide bonds. The lowest BCUT2D eigenvalue weighted by molar-refractivity contribution is -0.120. The van der Waals surface area contributed by atoms with E-state index in [0.717, 1.165) is 22.9 Å². The Morgan fingerprint density at radius 2 is 2.09 bits per heavy atom. The van der Waals surface area contributed by atoms with Crippen LogP contribution in [0.5, 0.6) is 0 Å². The monoisotopic (exact) mass is 378 g/mol. The van der Waals surface area contributed by atoms with Crippen LogP contribution in [0.25, 0.3) is 0 Å². The van der Waals surface area contributed by atoms with Gasteiger partial charge in [-0.1, -0.05) is 36.4 Å². The van der Waals surface area contributed by atoms with Crippen molar-refractivity contribution in [3.63, 3.8) is 0 Å². The zero-order chi connectivity index (χ0) is 16.9. The number of thioether (sulfide) groups is 1. The van der Waals surface area contributed by atoms with Crippen LogP contribution in [-0.2, 0) is 14.8 Å². The molecule has 1 fully saturated rings. The predicted octanol–water partition coefficient (Wildman–Crippen LogP) is 2.04. The molecule has 0 aliphatic carbocycles. The lowest BCUT2D eigenvalue weighted by Gasteiger charge is -2.29. The zero-order valence-electron chi connectivity index (χ0n) is 13.3. The Bertz CT molecular complexity index is 624. The average Bonchev–Trinajstić information content (AvgIpc) is 2.94. The summed E-state index contributed by atoms with van der Waals surface area (Å²) in [7, 11) is -3.16. The van der Waals surface area contributed by atoms with Crippen LogP contribution in [0.3, 0.4) is 0 Å². The van der Waals surface area contributed by atoms with Crippen molar-refractivity contribution in [2.45, 2.75) is 36.9 Å². The Kier molecular flexibility index (Phi) is 6.81. The second-order valence-electron chi connectivity index (χ2n) is 5.50. The highest BCUT2D eigenvalue weighted by Crippen LogP contribution is 2.27. The van der Waals surface area contributed by atoms with Crippen LogP contribution in [-0.4, -0.2) is 53.9 Å². The molecule has 0 atom stereocenters. The number of amides is 1. The standard InChI is InChI=1S/C13H22N4O3S3/c1-3-4-9-21-13-16-15-12(22-13)14-11(18)10-5-7-17(8-6-10)23(2,19)20/h10H,3-9H2,1-2H3,(H,14,15,18). The summed E-state index contributed by atoms with van der Waals surface area (Å²) in [6, 6.07) is 0. The third-order valence-corrected chi connectivity index (χ3v) is 7.02. The minimum absolute atomic E-state index is 0.0978. The first-order valence-corrected chi connectivity index (χ1v) is 11.3. The lowest BCUT2D eigenvalue weighted by atomic mass is 9.97. The molecule has 0 unspecified atom stereocenters. The van der Waals surface area contributed by atoms with E-state index >= 15 is 0 Å². The second kappa shape index (κ2) is 8.41. The first kappa shape index (κ1) is 18.6. The molecule has 2 heterocycles. The van der Waals surface area contributed by atoms with Gasteiger partial charge in [0, 0.05) is 24.8 Å². The maximum absolute atomic E-state index is 12.2. The van der Waals surface area contributed by atoms with Gasteiger partial charge in [-0.2, -0.15) is 0 Å². The first-order chi connectivity index (χ1) is 10.9. The molecule has 7 nitrogen and oxygen atoms in total. The van der Waals surface area contributed by atoms with Crippen molar-refractivity contribution in [2.24, 2.45) is 5.92 Å². The number of piperidine rings is 1. The Hall–Kier alpha value is -0.710. The molecule has 1 aromatic rings. The molecule has 1 N–H and O–H groups in total. The Labute approximate surface area is 145 Å². The predicted molar refractivity (Wildman–Crippen MR) is 93.3 cm³/mol. The molecule has 0 radical (unpaired) electrons. The van der Waals surface area contributed by atoms with E-state index in [1.165, 1.54) is 21.9 Å². The SMILES string of the molecule is CCCCSc1nnc(NC(=O)C2CCN(S(C)(=O)=O)CC2)s1. The maximum Gasteiger partial charge on any atom is 0.229 e. The number of nitrogens with zero attached hydrogens (tertiary/aromatic N) is 3. The summed E-state index contributed by atoms with van der Waals surface area (Å²) < 4.78 is 25.2. The fourth-order valence-corrected chi connectivity index (χ4v) is 5.06. The van der Waals surface area contributed by atoms with Gasteiger partial charge < -0.3 is 5.32 Å². The van der Waals surface area contributed by atoms with E-state index in [1.54, 1.807) is 11.8 Å². The molecule has 130 valence electrons. The van der Waals surface area contributed by atoms with Gasteiger partial charge in [-0.3, -0.25) is 4.79 Å². The molecule has 0 spiro atoms. The van der Waals surface area contributed by atoms with Crippen molar-refractivity contribution in [2.75, 3.05) is 30.4 Å². The topological polar surface area (TPSA) is 92.3 Å². The van der Waals surface area contributed by atoms with Gasteiger partial charge in [0.1, 0.15) is 0 Å². The van der Waals surface area contributed by atoms with Crippen LogP contribution in [0.4, 0.5) is 5.13 Å². The summed E-state index contributed by atoms with van der Waals surface area (Å²) in [6.07, 6.45) is 4.55. The quantitative estimate of drug-likeness (QED) is 0.443. The van der Waals surface area contributed by atoms with Gasteiger partial charge in [-0.25, -0.2) is 12.7 Å². The largest absolute Gasteiger partial charge is 0.300 e. The van der Waals surface area contributed by atoms with Crippen LogP contribution in [0.2, 0.25) is 0 Å². The number of hydrogen-bond acceptors (Lipinski definition) is 7. The number of rotatable bonds is 7. The molecule has 0 aromatic carbocycles. The molecule has 1 saturated heterocycles. The summed E-state index contributed by atoms with van der Waals surface area (Å²) in [6.45, 7) is 2.93. The van der Waals surface area contributed by atoms with Gasteiger partial charge in [0.2, 0.25) is 21.1 Å². The van der Waals surface area contributed by atoms with Crippen LogP contribution in [0.1, 0.15) is 32.6 Å². The number of nitrogens with one attached hydrogen (secondary N) is 1. The molecule has 1 aliphatic heterocycles. The maximum atomic E-state index is 12.2. The number of sulfonamides is 1. The Morgan fingerprint density at radius 3 is 2.70 bits per heavy atom. The number of carbonyl (C=O) groups is 1. The third kappa shape index (κ3) is 5.70. The molecule has 10 heteroatoms. The van der Waals surface area contributed by atoms with Crippen molar-refractivity contribution in [3.8, 4) is 0 Å². The molecule has 0 bridgehead atoms. The van der Waals surface area contributed by atoms with Crippen LogP contribution in [0.15, 0.2) is 4.34 Å². The van der Waals surface area contributed by atoms with Crippen LogP contribution in [0, 0.1) is 5.92 Å². The van der Waals surface area contributed by atoms with E-state index in [0.29, 0.717) is 31.1 Å². The minimum Gasteiger partial charge on any atom is -0.300 e. The van der Waals surface area contributed by atoms with Gasteiger partial charge in [0.25, 0.3) is 0 Å². The highest BCUT2D eigenvalue weighted by molar-refractivity contribution is 8.01. The van der Waals surface area contributed by atoms with E-state index in [-0.39, 0.29) is 11.8 Å². The summed E-state index contributed by atoms with van der Waals surface area (Å²) >= 11 is 3.03. The summed E-state index contributed by atoms with van der Waals surface area (Å²) in [5, 5.41) is 11.4. The fourth-order valence-electron chi connectivity index (χ4n) is 2.28. The highest BCUT2D eigenvalue weighted by Gasteiger charge is 2.29. The zero-order valence-corrected chi connectivity index (χ0v) is 15.8. The van der Waals surface area contributed by atoms with Crippen LogP contribution >= 0.6 is 23.1 Å². The van der Waals surface area contributed by atoms with Crippen molar-refractivity contribution in [1.82, 2.24) is 14.5 Å². The smallest absolute Gasteiger partial charge is 0.229 e. The number of aromatic nitrogens is 2. The van der Waals surface area contributed by atoms with E-state index in [9.17, 15) is 13.2 Å². The normalized spacial score (nSPS) is 17.3. The number of carbonyl (C=O) groups excluding carboxylic acids is 1. The van der Waals surface area contributed by atoms with Crippen LogP contribution < -0.4 is 5.32 Å². The van der Waals surface area contributed by atoms with Crippen molar-refractivity contribution in [3.05, 3.63) is 0 Å². The van der Waals surface area contributed by atoms with E-state index in [4.69, 9.17) is 0 Å². The van der Waals surface area contributed by atoms with E-state index in [1.807, 2.05) is 0 Å². The van der Waals surface area contributed by atoms with Gasteiger partial charge in [-0.15, -0.1) is 10.2 Å². The van der Waals surface area contributed by atoms with Gasteiger partial charge in [0.15, 0.2) is 4.34 Å².